The summed E-state index contributed by atoms with van der Waals surface area (Å²) in [5.41, 5.74) is 0. The molecule has 0 saturated carbocycles. The Bertz CT molecular complexity index is 576. The van der Waals surface area contributed by atoms with Crippen LogP contribution in [0.5, 0.6) is 0 Å². The van der Waals surface area contributed by atoms with Crippen LogP contribution < -0.4 is 9.44 Å². The molecule has 17 heavy (non-hydrogen) atoms. The highest BCUT2D eigenvalue weighted by Gasteiger charge is 2.12. The zero-order chi connectivity index (χ0) is 12.3. The fourth-order valence-electron chi connectivity index (χ4n) is 1.06. The molecule has 0 radical (unpaired) electrons. The molecule has 9 heteroatoms. The van der Waals surface area contributed by atoms with Gasteiger partial charge in [0.25, 0.3) is 10.2 Å². The molecule has 2 aromatic rings. The SMILES string of the molecule is CNS(=O)(=O)NCc1nc(-c2cccs2)no1. The van der Waals surface area contributed by atoms with Crippen LogP contribution in [-0.2, 0) is 16.8 Å². The molecule has 0 unspecified atom stereocenters. The Morgan fingerprint density at radius 2 is 2.35 bits per heavy atom. The number of hydrogen-bond acceptors (Lipinski definition) is 6. The quantitative estimate of drug-likeness (QED) is 0.820. The Morgan fingerprint density at radius 1 is 1.53 bits per heavy atom. The standard InChI is InChI=1S/C8H10N4O3S2/c1-9-17(13,14)10-5-7-11-8(12-15-7)6-3-2-4-16-6/h2-4,9-10H,5H2,1H3. The number of aromatic nitrogens is 2. The smallest absolute Gasteiger partial charge is 0.277 e. The summed E-state index contributed by atoms with van der Waals surface area (Å²) < 4.78 is 31.5. The molecule has 2 N–H and O–H groups in total. The predicted molar refractivity (Wildman–Crippen MR) is 62.4 cm³/mol. The van der Waals surface area contributed by atoms with Gasteiger partial charge in [-0.15, -0.1) is 11.3 Å². The molecular formula is C8H10N4O3S2. The second kappa shape index (κ2) is 4.92. The van der Waals surface area contributed by atoms with Crippen molar-refractivity contribution < 1.29 is 12.9 Å². The van der Waals surface area contributed by atoms with E-state index in [1.54, 1.807) is 0 Å². The third kappa shape index (κ3) is 3.09. The Balaban J connectivity index is 2.05. The Hall–Kier alpha value is -1.29. The summed E-state index contributed by atoms with van der Waals surface area (Å²) in [7, 11) is -2.17. The minimum Gasteiger partial charge on any atom is -0.337 e. The number of rotatable bonds is 5. The monoisotopic (exact) mass is 274 g/mol. The second-order valence-corrected chi connectivity index (χ2v) is 5.67. The van der Waals surface area contributed by atoms with E-state index >= 15 is 0 Å². The second-order valence-electron chi connectivity index (χ2n) is 3.02. The van der Waals surface area contributed by atoms with Crippen LogP contribution >= 0.6 is 11.3 Å². The molecule has 0 saturated heterocycles. The molecule has 0 aliphatic heterocycles. The lowest BCUT2D eigenvalue weighted by molar-refractivity contribution is 0.375. The van der Waals surface area contributed by atoms with Gasteiger partial charge in [-0.3, -0.25) is 0 Å². The van der Waals surface area contributed by atoms with Gasteiger partial charge in [-0.25, -0.2) is 4.72 Å². The van der Waals surface area contributed by atoms with E-state index in [0.29, 0.717) is 5.82 Å². The van der Waals surface area contributed by atoms with Crippen molar-refractivity contribution in [3.8, 4) is 10.7 Å². The van der Waals surface area contributed by atoms with Crippen LogP contribution in [0.2, 0.25) is 0 Å². The molecule has 0 fully saturated rings. The first kappa shape index (κ1) is 12.2. The van der Waals surface area contributed by atoms with E-state index in [2.05, 4.69) is 19.6 Å². The van der Waals surface area contributed by atoms with Crippen LogP contribution in [0.15, 0.2) is 22.0 Å². The van der Waals surface area contributed by atoms with Gasteiger partial charge in [-0.1, -0.05) is 11.2 Å². The van der Waals surface area contributed by atoms with Crippen molar-refractivity contribution >= 4 is 21.5 Å². The molecule has 0 atom stereocenters. The molecule has 2 rings (SSSR count). The van der Waals surface area contributed by atoms with Gasteiger partial charge >= 0.3 is 0 Å². The summed E-state index contributed by atoms with van der Waals surface area (Å²) in [6.45, 7) is -0.0401. The summed E-state index contributed by atoms with van der Waals surface area (Å²) in [6, 6.07) is 3.73. The van der Waals surface area contributed by atoms with Gasteiger partial charge in [0, 0.05) is 7.05 Å². The molecule has 0 spiro atoms. The van der Waals surface area contributed by atoms with E-state index in [1.165, 1.54) is 18.4 Å². The average Bonchev–Trinajstić information content (AvgIpc) is 2.97. The van der Waals surface area contributed by atoms with Gasteiger partial charge in [-0.05, 0) is 11.4 Å². The molecule has 0 aliphatic rings. The summed E-state index contributed by atoms with van der Waals surface area (Å²) in [6.07, 6.45) is 0. The van der Waals surface area contributed by atoms with Crippen molar-refractivity contribution in [2.24, 2.45) is 0 Å². The molecule has 2 heterocycles. The number of thiophene rings is 1. The van der Waals surface area contributed by atoms with Crippen molar-refractivity contribution in [3.63, 3.8) is 0 Å². The van der Waals surface area contributed by atoms with Crippen molar-refractivity contribution in [1.29, 1.82) is 0 Å². The van der Waals surface area contributed by atoms with Crippen molar-refractivity contribution in [2.45, 2.75) is 6.54 Å². The van der Waals surface area contributed by atoms with Crippen LogP contribution in [0.1, 0.15) is 5.89 Å². The largest absolute Gasteiger partial charge is 0.337 e. The average molecular weight is 274 g/mol. The molecule has 0 aromatic carbocycles. The summed E-state index contributed by atoms with van der Waals surface area (Å²) in [5.74, 6) is 0.672. The Labute approximate surface area is 102 Å². The highest BCUT2D eigenvalue weighted by Crippen LogP contribution is 2.21. The minimum atomic E-state index is -3.49. The summed E-state index contributed by atoms with van der Waals surface area (Å²) in [5, 5.41) is 5.65. The maximum absolute atomic E-state index is 11.1. The fraction of sp³-hybridized carbons (Fsp3) is 0.250. The number of nitrogens with one attached hydrogen (secondary N) is 2. The molecular weight excluding hydrogens is 264 g/mol. The van der Waals surface area contributed by atoms with E-state index in [9.17, 15) is 8.42 Å². The third-order valence-electron chi connectivity index (χ3n) is 1.89. The number of hydrogen-bond donors (Lipinski definition) is 2. The number of nitrogens with zero attached hydrogens (tertiary/aromatic N) is 2. The van der Waals surface area contributed by atoms with Crippen LogP contribution in [0.25, 0.3) is 10.7 Å². The minimum absolute atomic E-state index is 0.0401. The van der Waals surface area contributed by atoms with Gasteiger partial charge in [0.2, 0.25) is 11.7 Å². The van der Waals surface area contributed by atoms with Crippen molar-refractivity contribution in [2.75, 3.05) is 7.05 Å². The Kier molecular flexibility index (Phi) is 3.52. The van der Waals surface area contributed by atoms with Crippen molar-refractivity contribution in [3.05, 3.63) is 23.4 Å². The fourth-order valence-corrected chi connectivity index (χ4v) is 2.17. The van der Waals surface area contributed by atoms with E-state index in [-0.39, 0.29) is 12.4 Å². The van der Waals surface area contributed by atoms with E-state index in [4.69, 9.17) is 4.52 Å². The summed E-state index contributed by atoms with van der Waals surface area (Å²) in [4.78, 5) is 4.94. The summed E-state index contributed by atoms with van der Waals surface area (Å²) >= 11 is 1.48. The van der Waals surface area contributed by atoms with E-state index in [1.807, 2.05) is 17.5 Å². The first-order chi connectivity index (χ1) is 8.11. The van der Waals surface area contributed by atoms with Crippen LogP contribution in [-0.4, -0.2) is 25.6 Å². The first-order valence-corrected chi connectivity index (χ1v) is 7.01. The molecule has 92 valence electrons. The maximum Gasteiger partial charge on any atom is 0.277 e. The zero-order valence-corrected chi connectivity index (χ0v) is 10.5. The lowest BCUT2D eigenvalue weighted by Gasteiger charge is -2.00. The van der Waals surface area contributed by atoms with Gasteiger partial charge in [0.1, 0.15) is 0 Å². The maximum atomic E-state index is 11.1. The highest BCUT2D eigenvalue weighted by molar-refractivity contribution is 7.87. The van der Waals surface area contributed by atoms with Crippen LogP contribution in [0, 0.1) is 0 Å². The Morgan fingerprint density at radius 3 is 3.00 bits per heavy atom. The van der Waals surface area contributed by atoms with Crippen molar-refractivity contribution in [1.82, 2.24) is 19.6 Å². The molecule has 7 nitrogen and oxygen atoms in total. The van der Waals surface area contributed by atoms with E-state index < -0.39 is 10.2 Å². The highest BCUT2D eigenvalue weighted by atomic mass is 32.2. The van der Waals surface area contributed by atoms with Gasteiger partial charge in [-0.2, -0.15) is 18.1 Å². The van der Waals surface area contributed by atoms with E-state index in [0.717, 1.165) is 4.88 Å². The zero-order valence-electron chi connectivity index (χ0n) is 8.87. The van der Waals surface area contributed by atoms with Gasteiger partial charge in [0.15, 0.2) is 0 Å². The van der Waals surface area contributed by atoms with Crippen LogP contribution in [0.3, 0.4) is 0 Å². The topological polar surface area (TPSA) is 97.1 Å². The lowest BCUT2D eigenvalue weighted by atomic mass is 10.4. The molecule has 0 amide bonds. The molecule has 2 aromatic heterocycles. The normalized spacial score (nSPS) is 11.8. The predicted octanol–water partition coefficient (Wildman–Crippen LogP) is 0.352. The van der Waals surface area contributed by atoms with Crippen LogP contribution in [0.4, 0.5) is 0 Å². The molecule has 0 bridgehead atoms. The molecule has 0 aliphatic carbocycles. The van der Waals surface area contributed by atoms with Gasteiger partial charge < -0.3 is 4.52 Å². The van der Waals surface area contributed by atoms with Gasteiger partial charge in [0.05, 0.1) is 11.4 Å². The third-order valence-corrected chi connectivity index (χ3v) is 3.82. The first-order valence-electron chi connectivity index (χ1n) is 4.65. The lowest BCUT2D eigenvalue weighted by Crippen LogP contribution is -2.33.